The highest BCUT2D eigenvalue weighted by Crippen LogP contribution is 2.32. The summed E-state index contributed by atoms with van der Waals surface area (Å²) in [6.45, 7) is 3.57. The van der Waals surface area contributed by atoms with Crippen molar-refractivity contribution >= 4 is 28.8 Å². The maximum Gasteiger partial charge on any atom is 0.278 e. The Kier molecular flexibility index (Phi) is 4.99. The van der Waals surface area contributed by atoms with Crippen molar-refractivity contribution in [3.8, 4) is 0 Å². The average molecular weight is 367 g/mol. The number of carbonyl (C=O) groups is 2. The first-order valence-electron chi connectivity index (χ1n) is 8.72. The first-order chi connectivity index (χ1) is 12.8. The van der Waals surface area contributed by atoms with Crippen molar-refractivity contribution in [1.82, 2.24) is 4.90 Å². The number of anilines is 2. The fourth-order valence-corrected chi connectivity index (χ4v) is 3.00. The molecule has 140 valence electrons. The molecular formula is C21H22FN3O2. The highest BCUT2D eigenvalue weighted by atomic mass is 19.1. The van der Waals surface area contributed by atoms with Crippen LogP contribution in [-0.2, 0) is 9.59 Å². The molecule has 1 N–H and O–H groups in total. The molecule has 0 saturated carbocycles. The lowest BCUT2D eigenvalue weighted by molar-refractivity contribution is -0.138. The first-order valence-corrected chi connectivity index (χ1v) is 8.72. The molecule has 0 spiro atoms. The van der Waals surface area contributed by atoms with E-state index in [1.807, 2.05) is 43.3 Å². The molecule has 0 fully saturated rings. The van der Waals surface area contributed by atoms with Crippen LogP contribution in [0.15, 0.2) is 54.2 Å². The number of nitrogens with one attached hydrogen (secondary N) is 1. The monoisotopic (exact) mass is 367 g/mol. The second-order valence-corrected chi connectivity index (χ2v) is 6.90. The van der Waals surface area contributed by atoms with Gasteiger partial charge in [-0.25, -0.2) is 4.39 Å². The molecule has 1 heterocycles. The van der Waals surface area contributed by atoms with Gasteiger partial charge < -0.3 is 10.2 Å². The Balaban J connectivity index is 2.04. The van der Waals surface area contributed by atoms with E-state index in [-0.39, 0.29) is 29.1 Å². The van der Waals surface area contributed by atoms with Crippen molar-refractivity contribution < 1.29 is 14.0 Å². The van der Waals surface area contributed by atoms with Crippen molar-refractivity contribution in [3.05, 3.63) is 65.6 Å². The zero-order chi connectivity index (χ0) is 19.7. The molecule has 6 heteroatoms. The predicted octanol–water partition coefficient (Wildman–Crippen LogP) is 3.49. The number of rotatable bonds is 5. The van der Waals surface area contributed by atoms with Crippen LogP contribution in [-0.4, -0.2) is 36.9 Å². The number of hydrogen-bond acceptors (Lipinski definition) is 4. The molecule has 0 aromatic heterocycles. The SMILES string of the molecule is CC(C)N1C(=O)C(Nc2ccc(N(C)C)cc2)=C(c2ccc(F)cc2)C1=O. The number of imide groups is 1. The maximum atomic E-state index is 13.3. The number of amides is 2. The van der Waals surface area contributed by atoms with Gasteiger partial charge in [0.2, 0.25) is 0 Å². The molecule has 0 radical (unpaired) electrons. The van der Waals surface area contributed by atoms with Gasteiger partial charge in [-0.3, -0.25) is 14.5 Å². The van der Waals surface area contributed by atoms with Crippen LogP contribution in [0.25, 0.3) is 5.57 Å². The third-order valence-corrected chi connectivity index (χ3v) is 4.42. The van der Waals surface area contributed by atoms with Crippen LogP contribution >= 0.6 is 0 Å². The summed E-state index contributed by atoms with van der Waals surface area (Å²) in [7, 11) is 3.88. The molecule has 0 atom stereocenters. The van der Waals surface area contributed by atoms with Gasteiger partial charge in [0.1, 0.15) is 11.5 Å². The Hall–Kier alpha value is -3.15. The van der Waals surface area contributed by atoms with Crippen LogP contribution in [0.1, 0.15) is 19.4 Å². The molecule has 0 bridgehead atoms. The zero-order valence-electron chi connectivity index (χ0n) is 15.8. The lowest BCUT2D eigenvalue weighted by Crippen LogP contribution is -2.38. The zero-order valence-corrected chi connectivity index (χ0v) is 15.8. The molecule has 1 aliphatic heterocycles. The van der Waals surface area contributed by atoms with E-state index in [4.69, 9.17) is 0 Å². The summed E-state index contributed by atoms with van der Waals surface area (Å²) in [6.07, 6.45) is 0. The van der Waals surface area contributed by atoms with Gasteiger partial charge in [0.05, 0.1) is 5.57 Å². The van der Waals surface area contributed by atoms with Crippen LogP contribution in [0.4, 0.5) is 15.8 Å². The van der Waals surface area contributed by atoms with Crippen molar-refractivity contribution in [1.29, 1.82) is 0 Å². The molecular weight excluding hydrogens is 345 g/mol. The van der Waals surface area contributed by atoms with E-state index in [0.717, 1.165) is 5.69 Å². The number of halogens is 1. The quantitative estimate of drug-likeness (QED) is 0.822. The number of benzene rings is 2. The van der Waals surface area contributed by atoms with Gasteiger partial charge >= 0.3 is 0 Å². The van der Waals surface area contributed by atoms with Crippen molar-refractivity contribution in [2.24, 2.45) is 0 Å². The van der Waals surface area contributed by atoms with Crippen LogP contribution in [0.3, 0.4) is 0 Å². The lowest BCUT2D eigenvalue weighted by atomic mass is 10.0. The van der Waals surface area contributed by atoms with Gasteiger partial charge in [0, 0.05) is 31.5 Å². The van der Waals surface area contributed by atoms with E-state index in [0.29, 0.717) is 11.3 Å². The molecule has 1 aliphatic rings. The summed E-state index contributed by atoms with van der Waals surface area (Å²) in [6, 6.07) is 12.8. The minimum Gasteiger partial charge on any atom is -0.378 e. The average Bonchev–Trinajstić information content (AvgIpc) is 2.86. The summed E-state index contributed by atoms with van der Waals surface area (Å²) in [4.78, 5) is 29.0. The van der Waals surface area contributed by atoms with Gasteiger partial charge in [0.15, 0.2) is 0 Å². The molecule has 2 amide bonds. The lowest BCUT2D eigenvalue weighted by Gasteiger charge is -2.19. The number of carbonyl (C=O) groups excluding carboxylic acids is 2. The molecule has 3 rings (SSSR count). The van der Waals surface area contributed by atoms with E-state index in [9.17, 15) is 14.0 Å². The maximum absolute atomic E-state index is 13.3. The summed E-state index contributed by atoms with van der Waals surface area (Å²) in [5, 5.41) is 3.09. The highest BCUT2D eigenvalue weighted by molar-refractivity contribution is 6.36. The number of hydrogen-bond donors (Lipinski definition) is 1. The minimum absolute atomic E-state index is 0.206. The molecule has 0 saturated heterocycles. The molecule has 0 unspecified atom stereocenters. The van der Waals surface area contributed by atoms with Crippen LogP contribution in [0, 0.1) is 5.82 Å². The van der Waals surface area contributed by atoms with Gasteiger partial charge in [-0.05, 0) is 55.8 Å². The largest absolute Gasteiger partial charge is 0.378 e. The van der Waals surface area contributed by atoms with E-state index in [1.165, 1.54) is 29.2 Å². The smallest absolute Gasteiger partial charge is 0.278 e. The summed E-state index contributed by atoms with van der Waals surface area (Å²) in [5.74, 6) is -1.16. The Labute approximate surface area is 158 Å². The summed E-state index contributed by atoms with van der Waals surface area (Å²) >= 11 is 0. The normalized spacial score (nSPS) is 14.4. The van der Waals surface area contributed by atoms with Crippen molar-refractivity contribution in [2.75, 3.05) is 24.3 Å². The van der Waals surface area contributed by atoms with Gasteiger partial charge in [-0.15, -0.1) is 0 Å². The highest BCUT2D eigenvalue weighted by Gasteiger charge is 2.40. The first kappa shape index (κ1) is 18.6. The minimum atomic E-state index is -0.398. The molecule has 27 heavy (non-hydrogen) atoms. The second kappa shape index (κ2) is 7.23. The van der Waals surface area contributed by atoms with Gasteiger partial charge in [-0.1, -0.05) is 12.1 Å². The molecule has 5 nitrogen and oxygen atoms in total. The summed E-state index contributed by atoms with van der Waals surface area (Å²) < 4.78 is 13.3. The topological polar surface area (TPSA) is 52.7 Å². The van der Waals surface area contributed by atoms with E-state index < -0.39 is 5.82 Å². The van der Waals surface area contributed by atoms with Crippen molar-refractivity contribution in [2.45, 2.75) is 19.9 Å². The summed E-state index contributed by atoms with van der Waals surface area (Å²) in [5.41, 5.74) is 2.68. The predicted molar refractivity (Wildman–Crippen MR) is 105 cm³/mol. The third-order valence-electron chi connectivity index (χ3n) is 4.42. The Morgan fingerprint density at radius 2 is 1.52 bits per heavy atom. The van der Waals surface area contributed by atoms with E-state index in [2.05, 4.69) is 5.32 Å². The number of nitrogens with zero attached hydrogens (tertiary/aromatic N) is 2. The van der Waals surface area contributed by atoms with Crippen LogP contribution in [0.5, 0.6) is 0 Å². The van der Waals surface area contributed by atoms with Gasteiger partial charge in [-0.2, -0.15) is 0 Å². The van der Waals surface area contributed by atoms with Crippen LogP contribution < -0.4 is 10.2 Å². The Morgan fingerprint density at radius 1 is 0.926 bits per heavy atom. The molecule has 2 aromatic carbocycles. The van der Waals surface area contributed by atoms with Crippen LogP contribution in [0.2, 0.25) is 0 Å². The fourth-order valence-electron chi connectivity index (χ4n) is 3.00. The molecule has 0 aliphatic carbocycles. The standard InChI is InChI=1S/C21H22FN3O2/c1-13(2)25-20(26)18(14-5-7-15(22)8-6-14)19(21(25)27)23-16-9-11-17(12-10-16)24(3)4/h5-13,23H,1-4H3. The van der Waals surface area contributed by atoms with Gasteiger partial charge in [0.25, 0.3) is 11.8 Å². The molecule has 2 aromatic rings. The van der Waals surface area contributed by atoms with Crippen molar-refractivity contribution in [3.63, 3.8) is 0 Å². The Morgan fingerprint density at radius 3 is 2.04 bits per heavy atom. The van der Waals surface area contributed by atoms with E-state index >= 15 is 0 Å². The fraction of sp³-hybridized carbons (Fsp3) is 0.238. The third kappa shape index (κ3) is 3.56. The Bertz CT molecular complexity index is 900. The van der Waals surface area contributed by atoms with E-state index in [1.54, 1.807) is 13.8 Å². The second-order valence-electron chi connectivity index (χ2n) is 6.90.